The highest BCUT2D eigenvalue weighted by atomic mass is 19.4. The van der Waals surface area contributed by atoms with E-state index in [0.29, 0.717) is 5.56 Å². The molecule has 0 unspecified atom stereocenters. The van der Waals surface area contributed by atoms with E-state index in [0.717, 1.165) is 42.7 Å². The number of halogens is 5. The van der Waals surface area contributed by atoms with Gasteiger partial charge in [0.2, 0.25) is 0 Å². The second-order valence-corrected chi connectivity index (χ2v) is 8.47. The van der Waals surface area contributed by atoms with Crippen LogP contribution in [0.25, 0.3) is 11.1 Å². The molecule has 0 heterocycles. The van der Waals surface area contributed by atoms with Crippen LogP contribution in [-0.2, 0) is 6.42 Å². The van der Waals surface area contributed by atoms with Gasteiger partial charge in [0.15, 0.2) is 0 Å². The Morgan fingerprint density at radius 2 is 1.39 bits per heavy atom. The topological polar surface area (TPSA) is 0 Å². The monoisotopic (exact) mass is 434 g/mol. The van der Waals surface area contributed by atoms with Gasteiger partial charge in [0.25, 0.3) is 0 Å². The van der Waals surface area contributed by atoms with Crippen molar-refractivity contribution in [3.8, 4) is 23.0 Å². The van der Waals surface area contributed by atoms with Gasteiger partial charge < -0.3 is 0 Å². The minimum absolute atomic E-state index is 0.272. The molecule has 0 N–H and O–H groups in total. The van der Waals surface area contributed by atoms with Crippen molar-refractivity contribution in [2.24, 2.45) is 11.8 Å². The van der Waals surface area contributed by atoms with Gasteiger partial charge in [-0.05, 0) is 53.5 Å². The van der Waals surface area contributed by atoms with E-state index in [1.54, 1.807) is 18.1 Å². The number of aryl methyl sites for hydroxylation is 1. The molecule has 2 aromatic rings. The van der Waals surface area contributed by atoms with E-state index in [4.69, 9.17) is 0 Å². The highest BCUT2D eigenvalue weighted by Crippen LogP contribution is 2.34. The summed E-state index contributed by atoms with van der Waals surface area (Å²) in [6.45, 7) is 2.24. The van der Waals surface area contributed by atoms with Crippen LogP contribution in [0.1, 0.15) is 63.0 Å². The molecule has 0 bridgehead atoms. The summed E-state index contributed by atoms with van der Waals surface area (Å²) in [6.07, 6.45) is 5.17. The lowest BCUT2D eigenvalue weighted by atomic mass is 9.78. The Bertz CT molecular complexity index is 900. The zero-order chi connectivity index (χ0) is 22.4. The maximum atomic E-state index is 14.1. The van der Waals surface area contributed by atoms with E-state index in [1.807, 2.05) is 12.1 Å². The first-order chi connectivity index (χ1) is 14.7. The van der Waals surface area contributed by atoms with E-state index >= 15 is 0 Å². The molecule has 1 aliphatic rings. The summed E-state index contributed by atoms with van der Waals surface area (Å²) in [7, 11) is 0. The highest BCUT2D eigenvalue weighted by molar-refractivity contribution is 5.65. The number of hydrogen-bond acceptors (Lipinski definition) is 0. The van der Waals surface area contributed by atoms with Gasteiger partial charge in [0.1, 0.15) is 11.6 Å². The second kappa shape index (κ2) is 10.3. The lowest BCUT2D eigenvalue weighted by Crippen LogP contribution is -2.15. The zero-order valence-corrected chi connectivity index (χ0v) is 17.7. The average Bonchev–Trinajstić information content (AvgIpc) is 2.72. The third-order valence-electron chi connectivity index (χ3n) is 6.16. The zero-order valence-electron chi connectivity index (χ0n) is 17.7. The SMILES string of the molecule is CCCC1CCC(CCc2ccc(-c3cc(F)c(C#CC(F)(F)F)c(F)c3)cc2)CC1. The molecule has 0 saturated heterocycles. The van der Waals surface area contributed by atoms with Crippen molar-refractivity contribution < 1.29 is 22.0 Å². The van der Waals surface area contributed by atoms with Crippen molar-refractivity contribution in [3.05, 3.63) is 59.2 Å². The fourth-order valence-corrected chi connectivity index (χ4v) is 4.44. The first-order valence-electron chi connectivity index (χ1n) is 10.9. The first-order valence-corrected chi connectivity index (χ1v) is 10.9. The third kappa shape index (κ3) is 6.82. The van der Waals surface area contributed by atoms with Crippen LogP contribution in [0.4, 0.5) is 22.0 Å². The lowest BCUT2D eigenvalue weighted by molar-refractivity contribution is -0.0696. The van der Waals surface area contributed by atoms with Crippen LogP contribution in [0.2, 0.25) is 0 Å². The van der Waals surface area contributed by atoms with Gasteiger partial charge in [0, 0.05) is 5.92 Å². The van der Waals surface area contributed by atoms with Crippen LogP contribution in [0, 0.1) is 35.3 Å². The molecule has 1 saturated carbocycles. The molecule has 0 atom stereocenters. The molecule has 0 nitrogen and oxygen atoms in total. The van der Waals surface area contributed by atoms with Crippen LogP contribution >= 0.6 is 0 Å². The molecule has 1 fully saturated rings. The molecule has 0 radical (unpaired) electrons. The van der Waals surface area contributed by atoms with Crippen molar-refractivity contribution in [1.29, 1.82) is 0 Å². The molecule has 2 aromatic carbocycles. The van der Waals surface area contributed by atoms with Crippen molar-refractivity contribution in [2.75, 3.05) is 0 Å². The Hall–Kier alpha value is -2.35. The van der Waals surface area contributed by atoms with E-state index in [9.17, 15) is 22.0 Å². The van der Waals surface area contributed by atoms with Crippen LogP contribution in [0.5, 0.6) is 0 Å². The van der Waals surface area contributed by atoms with E-state index in [-0.39, 0.29) is 5.56 Å². The Balaban J connectivity index is 1.62. The van der Waals surface area contributed by atoms with Crippen molar-refractivity contribution in [1.82, 2.24) is 0 Å². The van der Waals surface area contributed by atoms with Gasteiger partial charge in [-0.3, -0.25) is 0 Å². The van der Waals surface area contributed by atoms with Crippen LogP contribution < -0.4 is 0 Å². The predicted molar refractivity (Wildman–Crippen MR) is 113 cm³/mol. The molecule has 0 spiro atoms. The van der Waals surface area contributed by atoms with Crippen molar-refractivity contribution in [2.45, 2.75) is 64.5 Å². The summed E-state index contributed by atoms with van der Waals surface area (Å²) in [5.41, 5.74) is 1.18. The lowest BCUT2D eigenvalue weighted by Gasteiger charge is -2.28. The Kier molecular flexibility index (Phi) is 7.75. The smallest absolute Gasteiger partial charge is 0.205 e. The predicted octanol–water partition coefficient (Wildman–Crippen LogP) is 8.08. The van der Waals surface area contributed by atoms with Gasteiger partial charge >= 0.3 is 6.18 Å². The second-order valence-electron chi connectivity index (χ2n) is 8.47. The summed E-state index contributed by atoms with van der Waals surface area (Å²) < 4.78 is 64.9. The summed E-state index contributed by atoms with van der Waals surface area (Å²) in [5.74, 6) is 1.90. The molecule has 0 amide bonds. The number of benzene rings is 2. The molecule has 31 heavy (non-hydrogen) atoms. The van der Waals surface area contributed by atoms with Gasteiger partial charge in [-0.15, -0.1) is 0 Å². The molecule has 5 heteroatoms. The average molecular weight is 434 g/mol. The molecule has 0 aliphatic heterocycles. The minimum atomic E-state index is -4.80. The van der Waals surface area contributed by atoms with Gasteiger partial charge in [0.05, 0.1) is 5.56 Å². The molecule has 0 aromatic heterocycles. The Morgan fingerprint density at radius 1 is 0.839 bits per heavy atom. The van der Waals surface area contributed by atoms with Gasteiger partial charge in [-0.1, -0.05) is 75.6 Å². The van der Waals surface area contributed by atoms with Crippen molar-refractivity contribution in [3.63, 3.8) is 0 Å². The Morgan fingerprint density at radius 3 is 1.90 bits per heavy atom. The van der Waals surface area contributed by atoms with Gasteiger partial charge in [-0.2, -0.15) is 13.2 Å². The normalized spacial score (nSPS) is 19.0. The number of alkyl halides is 3. The highest BCUT2D eigenvalue weighted by Gasteiger charge is 2.24. The van der Waals surface area contributed by atoms with Crippen LogP contribution in [-0.4, -0.2) is 6.18 Å². The first kappa shape index (κ1) is 23.3. The quantitative estimate of drug-likeness (QED) is 0.318. The van der Waals surface area contributed by atoms with E-state index in [2.05, 4.69) is 6.92 Å². The third-order valence-corrected chi connectivity index (χ3v) is 6.16. The van der Waals surface area contributed by atoms with E-state index < -0.39 is 23.4 Å². The fraction of sp³-hybridized carbons (Fsp3) is 0.462. The molecule has 166 valence electrons. The molecule has 1 aliphatic carbocycles. The maximum absolute atomic E-state index is 14.1. The summed E-state index contributed by atoms with van der Waals surface area (Å²) in [6, 6.07) is 9.53. The maximum Gasteiger partial charge on any atom is 0.458 e. The summed E-state index contributed by atoms with van der Waals surface area (Å²) >= 11 is 0. The van der Waals surface area contributed by atoms with Crippen LogP contribution in [0.3, 0.4) is 0 Å². The van der Waals surface area contributed by atoms with E-state index in [1.165, 1.54) is 44.1 Å². The van der Waals surface area contributed by atoms with Crippen LogP contribution in [0.15, 0.2) is 36.4 Å². The summed E-state index contributed by atoms with van der Waals surface area (Å²) in [5, 5.41) is 0. The minimum Gasteiger partial charge on any atom is -0.205 e. The number of rotatable bonds is 6. The molecular formula is C26H27F5. The Labute approximate surface area is 180 Å². The number of hydrogen-bond donors (Lipinski definition) is 0. The fourth-order valence-electron chi connectivity index (χ4n) is 4.44. The standard InChI is InChI=1S/C26H27F5/c1-2-3-18-4-6-19(7-5-18)8-9-20-10-12-21(13-11-20)22-16-24(27)23(25(28)17-22)14-15-26(29,30)31/h10-13,16-19H,2-9H2,1H3. The molecule has 3 rings (SSSR count). The largest absolute Gasteiger partial charge is 0.458 e. The van der Waals surface area contributed by atoms with Gasteiger partial charge in [-0.25, -0.2) is 8.78 Å². The summed E-state index contributed by atoms with van der Waals surface area (Å²) in [4.78, 5) is 0. The van der Waals surface area contributed by atoms with Crippen molar-refractivity contribution >= 4 is 0 Å². The molecular weight excluding hydrogens is 407 g/mol.